The molecule has 2 N–H and O–H groups in total. The molecule has 102 valence electrons. The summed E-state index contributed by atoms with van der Waals surface area (Å²) in [6.07, 6.45) is 0. The first-order chi connectivity index (χ1) is 9.49. The highest BCUT2D eigenvalue weighted by atomic mass is 16.6. The number of rotatable bonds is 4. The Morgan fingerprint density at radius 1 is 0.900 bits per heavy atom. The van der Waals surface area contributed by atoms with Gasteiger partial charge in [-0.25, -0.2) is 0 Å². The molecule has 0 aliphatic rings. The molecule has 0 saturated heterocycles. The summed E-state index contributed by atoms with van der Waals surface area (Å²) in [5, 5.41) is 21.7. The van der Waals surface area contributed by atoms with E-state index in [0.717, 1.165) is 12.1 Å². The molecule has 0 unspecified atom stereocenters. The number of nitrogens with two attached hydrogens (primary N) is 1. The minimum Gasteiger partial charge on any atom is -0.457 e. The Morgan fingerprint density at radius 3 is 1.85 bits per heavy atom. The molecule has 0 heterocycles. The number of hydrogen-bond donors (Lipinski definition) is 1. The summed E-state index contributed by atoms with van der Waals surface area (Å²) < 4.78 is 5.35. The lowest BCUT2D eigenvalue weighted by Gasteiger charge is -2.06. The van der Waals surface area contributed by atoms with Crippen LogP contribution in [-0.4, -0.2) is 9.85 Å². The minimum atomic E-state index is -0.791. The Balaban J connectivity index is 2.49. The maximum atomic E-state index is 10.8. The molecule has 0 amide bonds. The first kappa shape index (κ1) is 13.3. The third-order valence-corrected chi connectivity index (χ3v) is 2.48. The molecule has 0 aliphatic heterocycles. The van der Waals surface area contributed by atoms with E-state index in [0.29, 0.717) is 5.75 Å². The predicted molar refractivity (Wildman–Crippen MR) is 70.7 cm³/mol. The molecule has 0 aromatic heterocycles. The van der Waals surface area contributed by atoms with Crippen molar-refractivity contribution in [3.05, 3.63) is 62.7 Å². The van der Waals surface area contributed by atoms with Gasteiger partial charge in [-0.3, -0.25) is 20.2 Å². The van der Waals surface area contributed by atoms with Gasteiger partial charge in [0.25, 0.3) is 0 Å². The zero-order chi connectivity index (χ0) is 14.7. The second-order valence-corrected chi connectivity index (χ2v) is 3.80. The average Bonchev–Trinajstić information content (AvgIpc) is 2.41. The van der Waals surface area contributed by atoms with Gasteiger partial charge in [-0.05, 0) is 12.1 Å². The van der Waals surface area contributed by atoms with E-state index < -0.39 is 26.9 Å². The van der Waals surface area contributed by atoms with E-state index in [1.54, 1.807) is 30.3 Å². The molecule has 2 aromatic rings. The topological polar surface area (TPSA) is 122 Å². The van der Waals surface area contributed by atoms with Crippen LogP contribution in [-0.2, 0) is 0 Å². The fourth-order valence-corrected chi connectivity index (χ4v) is 1.58. The number of benzene rings is 2. The van der Waals surface area contributed by atoms with Gasteiger partial charge < -0.3 is 10.5 Å². The number of nitro groups is 2. The average molecular weight is 275 g/mol. The van der Waals surface area contributed by atoms with Crippen LogP contribution < -0.4 is 10.5 Å². The van der Waals surface area contributed by atoms with Crippen molar-refractivity contribution in [2.75, 3.05) is 5.73 Å². The normalized spacial score (nSPS) is 10.0. The Hall–Kier alpha value is -3.16. The quantitative estimate of drug-likeness (QED) is 0.520. The number of nitrogen functional groups attached to an aromatic ring is 1. The van der Waals surface area contributed by atoms with E-state index in [4.69, 9.17) is 10.5 Å². The monoisotopic (exact) mass is 275 g/mol. The Morgan fingerprint density at radius 2 is 1.40 bits per heavy atom. The SMILES string of the molecule is Nc1c([N+](=O)[O-])cc(Oc2ccccc2)cc1[N+](=O)[O-]. The van der Waals surface area contributed by atoms with E-state index in [1.165, 1.54) is 0 Å². The third kappa shape index (κ3) is 2.64. The number of nitrogens with zero attached hydrogens (tertiary/aromatic N) is 2. The van der Waals surface area contributed by atoms with Gasteiger partial charge in [-0.15, -0.1) is 0 Å². The Labute approximate surface area is 112 Å². The number of ether oxygens (including phenoxy) is 1. The predicted octanol–water partition coefficient (Wildman–Crippen LogP) is 2.88. The molecule has 0 bridgehead atoms. The zero-order valence-electron chi connectivity index (χ0n) is 10.1. The van der Waals surface area contributed by atoms with Crippen molar-refractivity contribution in [2.24, 2.45) is 0 Å². The number of anilines is 1. The smallest absolute Gasteiger partial charge is 0.302 e. The minimum absolute atomic E-state index is 0.0243. The number of para-hydroxylation sites is 1. The number of nitro benzene ring substituents is 2. The third-order valence-electron chi connectivity index (χ3n) is 2.48. The van der Waals surface area contributed by atoms with E-state index in [-0.39, 0.29) is 5.75 Å². The molecule has 8 nitrogen and oxygen atoms in total. The number of hydrogen-bond acceptors (Lipinski definition) is 6. The fourth-order valence-electron chi connectivity index (χ4n) is 1.58. The van der Waals surface area contributed by atoms with Crippen molar-refractivity contribution in [2.45, 2.75) is 0 Å². The van der Waals surface area contributed by atoms with Gasteiger partial charge in [0.05, 0.1) is 22.0 Å². The molecule has 0 fully saturated rings. The Bertz CT molecular complexity index is 637. The molecule has 0 saturated carbocycles. The van der Waals surface area contributed by atoms with Gasteiger partial charge in [0.1, 0.15) is 11.5 Å². The summed E-state index contributed by atoms with van der Waals surface area (Å²) in [6.45, 7) is 0. The molecule has 0 spiro atoms. The van der Waals surface area contributed by atoms with Crippen LogP contribution >= 0.6 is 0 Å². The van der Waals surface area contributed by atoms with Gasteiger partial charge >= 0.3 is 11.4 Å². The lowest BCUT2D eigenvalue weighted by molar-refractivity contribution is -0.392. The van der Waals surface area contributed by atoms with Gasteiger partial charge in [0, 0.05) is 0 Å². The largest absolute Gasteiger partial charge is 0.457 e. The van der Waals surface area contributed by atoms with Crippen LogP contribution in [0.3, 0.4) is 0 Å². The van der Waals surface area contributed by atoms with Crippen molar-refractivity contribution >= 4 is 17.1 Å². The second-order valence-electron chi connectivity index (χ2n) is 3.80. The summed E-state index contributed by atoms with van der Waals surface area (Å²) in [4.78, 5) is 20.1. The standard InChI is InChI=1S/C12H9N3O5/c13-12-10(14(16)17)6-9(7-11(12)15(18)19)20-8-4-2-1-3-5-8/h1-7H,13H2. The van der Waals surface area contributed by atoms with Crippen LogP contribution in [0.15, 0.2) is 42.5 Å². The molecule has 2 aromatic carbocycles. The zero-order valence-corrected chi connectivity index (χ0v) is 10.1. The molecule has 0 aliphatic carbocycles. The maximum Gasteiger partial charge on any atom is 0.302 e. The van der Waals surface area contributed by atoms with Gasteiger partial charge in [0.15, 0.2) is 5.69 Å². The van der Waals surface area contributed by atoms with E-state index in [9.17, 15) is 20.2 Å². The molecule has 8 heteroatoms. The van der Waals surface area contributed by atoms with E-state index in [1.807, 2.05) is 0 Å². The van der Waals surface area contributed by atoms with Crippen molar-refractivity contribution in [3.8, 4) is 11.5 Å². The maximum absolute atomic E-state index is 10.8. The lowest BCUT2D eigenvalue weighted by atomic mass is 10.2. The lowest BCUT2D eigenvalue weighted by Crippen LogP contribution is -2.01. The molecular weight excluding hydrogens is 266 g/mol. The van der Waals surface area contributed by atoms with Crippen molar-refractivity contribution in [1.29, 1.82) is 0 Å². The summed E-state index contributed by atoms with van der Waals surface area (Å²) in [7, 11) is 0. The van der Waals surface area contributed by atoms with Gasteiger partial charge in [-0.1, -0.05) is 18.2 Å². The molecule has 0 atom stereocenters. The van der Waals surface area contributed by atoms with Crippen LogP contribution in [0.1, 0.15) is 0 Å². The van der Waals surface area contributed by atoms with E-state index >= 15 is 0 Å². The Kier molecular flexibility index (Phi) is 3.47. The van der Waals surface area contributed by atoms with Gasteiger partial charge in [-0.2, -0.15) is 0 Å². The summed E-state index contributed by atoms with van der Waals surface area (Å²) in [6, 6.07) is 10.5. The van der Waals surface area contributed by atoms with Gasteiger partial charge in [0.2, 0.25) is 0 Å². The van der Waals surface area contributed by atoms with Crippen LogP contribution in [0.25, 0.3) is 0 Å². The summed E-state index contributed by atoms with van der Waals surface area (Å²) >= 11 is 0. The molecule has 2 rings (SSSR count). The summed E-state index contributed by atoms with van der Waals surface area (Å²) in [5.74, 6) is 0.379. The van der Waals surface area contributed by atoms with E-state index in [2.05, 4.69) is 0 Å². The van der Waals surface area contributed by atoms with Crippen LogP contribution in [0.5, 0.6) is 11.5 Å². The van der Waals surface area contributed by atoms with Crippen LogP contribution in [0.2, 0.25) is 0 Å². The molecular formula is C12H9N3O5. The van der Waals surface area contributed by atoms with Crippen molar-refractivity contribution in [1.82, 2.24) is 0 Å². The highest BCUT2D eigenvalue weighted by Gasteiger charge is 2.25. The van der Waals surface area contributed by atoms with Crippen LogP contribution in [0, 0.1) is 20.2 Å². The van der Waals surface area contributed by atoms with Crippen LogP contribution in [0.4, 0.5) is 17.1 Å². The fraction of sp³-hybridized carbons (Fsp3) is 0. The molecule has 0 radical (unpaired) electrons. The highest BCUT2D eigenvalue weighted by Crippen LogP contribution is 2.37. The summed E-state index contributed by atoms with van der Waals surface area (Å²) in [5.41, 5.74) is 3.78. The highest BCUT2D eigenvalue weighted by molar-refractivity contribution is 5.73. The second kappa shape index (κ2) is 5.22. The first-order valence-electron chi connectivity index (χ1n) is 5.44. The van der Waals surface area contributed by atoms with Crippen molar-refractivity contribution < 1.29 is 14.6 Å². The van der Waals surface area contributed by atoms with Crippen molar-refractivity contribution in [3.63, 3.8) is 0 Å². The first-order valence-corrected chi connectivity index (χ1v) is 5.44. The molecule has 20 heavy (non-hydrogen) atoms.